The summed E-state index contributed by atoms with van der Waals surface area (Å²) in [5.41, 5.74) is -0.618. The van der Waals surface area contributed by atoms with Crippen molar-refractivity contribution in [3.8, 4) is 0 Å². The third kappa shape index (κ3) is 2.06. The summed E-state index contributed by atoms with van der Waals surface area (Å²) in [6.45, 7) is 5.77. The highest BCUT2D eigenvalue weighted by Gasteiger charge is 2.61. The number of likely N-dealkylation sites (tertiary alicyclic amines) is 1. The molecule has 6 heteroatoms. The zero-order chi connectivity index (χ0) is 14.7. The molecule has 0 aromatic heterocycles. The van der Waals surface area contributed by atoms with Gasteiger partial charge in [-0.05, 0) is 33.6 Å². The maximum Gasteiger partial charge on any atom is 0.411 e. The van der Waals surface area contributed by atoms with Gasteiger partial charge in [0, 0.05) is 18.4 Å². The summed E-state index contributed by atoms with van der Waals surface area (Å²) in [6.07, 6.45) is 1.44. The fraction of sp³-hybridized carbons (Fsp3) is 0.857. The van der Waals surface area contributed by atoms with E-state index in [1.165, 1.54) is 4.90 Å². The van der Waals surface area contributed by atoms with Crippen LogP contribution in [0.25, 0.3) is 0 Å². The Hall–Kier alpha value is -1.30. The molecule has 3 aliphatic heterocycles. The van der Waals surface area contributed by atoms with Gasteiger partial charge in [0.25, 0.3) is 0 Å². The van der Waals surface area contributed by atoms with Crippen LogP contribution in [0.4, 0.5) is 4.79 Å². The number of hydrogen-bond acceptors (Lipinski definition) is 4. The Kier molecular flexibility index (Phi) is 2.97. The van der Waals surface area contributed by atoms with Crippen LogP contribution in [0.15, 0.2) is 0 Å². The van der Waals surface area contributed by atoms with Crippen molar-refractivity contribution in [2.45, 2.75) is 57.5 Å². The maximum atomic E-state index is 12.2. The minimum atomic E-state index is -0.959. The highest BCUT2D eigenvalue weighted by atomic mass is 16.6. The zero-order valence-electron chi connectivity index (χ0n) is 12.0. The summed E-state index contributed by atoms with van der Waals surface area (Å²) in [5, 5.41) is 9.50. The molecule has 3 rings (SSSR count). The SMILES string of the molecule is CC(C)(C)OC(=O)N1C[C@@H]2[C@H](C1C(=O)O)[C@@H]1CC[C@H]2O1. The van der Waals surface area contributed by atoms with Crippen LogP contribution in [0.1, 0.15) is 33.6 Å². The van der Waals surface area contributed by atoms with E-state index >= 15 is 0 Å². The highest BCUT2D eigenvalue weighted by Crippen LogP contribution is 2.50. The quantitative estimate of drug-likeness (QED) is 0.789. The fourth-order valence-corrected chi connectivity index (χ4v) is 3.84. The summed E-state index contributed by atoms with van der Waals surface area (Å²) in [6, 6.07) is -0.815. The molecule has 0 spiro atoms. The summed E-state index contributed by atoms with van der Waals surface area (Å²) in [5.74, 6) is -0.902. The number of carbonyl (C=O) groups is 2. The number of amides is 1. The van der Waals surface area contributed by atoms with Crippen molar-refractivity contribution >= 4 is 12.1 Å². The number of rotatable bonds is 1. The summed E-state index contributed by atoms with van der Waals surface area (Å²) in [4.78, 5) is 25.2. The number of carboxylic acid groups (broad SMARTS) is 1. The molecule has 0 saturated carbocycles. The van der Waals surface area contributed by atoms with Gasteiger partial charge in [0.05, 0.1) is 12.2 Å². The first-order chi connectivity index (χ1) is 9.28. The molecule has 0 aromatic rings. The molecule has 6 nitrogen and oxygen atoms in total. The zero-order valence-corrected chi connectivity index (χ0v) is 12.0. The molecule has 1 N–H and O–H groups in total. The minimum Gasteiger partial charge on any atom is -0.480 e. The molecule has 2 bridgehead atoms. The fourth-order valence-electron chi connectivity index (χ4n) is 3.84. The number of ether oxygens (including phenoxy) is 2. The van der Waals surface area contributed by atoms with Gasteiger partial charge in [-0.15, -0.1) is 0 Å². The van der Waals surface area contributed by atoms with Crippen LogP contribution in [0.3, 0.4) is 0 Å². The van der Waals surface area contributed by atoms with Crippen LogP contribution in [-0.4, -0.2) is 52.5 Å². The van der Waals surface area contributed by atoms with E-state index in [0.29, 0.717) is 6.54 Å². The van der Waals surface area contributed by atoms with Crippen molar-refractivity contribution < 1.29 is 24.2 Å². The third-order valence-electron chi connectivity index (χ3n) is 4.48. The summed E-state index contributed by atoms with van der Waals surface area (Å²) < 4.78 is 11.1. The van der Waals surface area contributed by atoms with Crippen LogP contribution in [-0.2, 0) is 14.3 Å². The van der Waals surface area contributed by atoms with E-state index in [0.717, 1.165) is 12.8 Å². The molecular formula is C14H21NO5. The first-order valence-corrected chi connectivity index (χ1v) is 7.16. The third-order valence-corrected chi connectivity index (χ3v) is 4.48. The molecule has 3 saturated heterocycles. The average molecular weight is 283 g/mol. The van der Waals surface area contributed by atoms with Crippen molar-refractivity contribution in [3.05, 3.63) is 0 Å². The van der Waals surface area contributed by atoms with Gasteiger partial charge >= 0.3 is 12.1 Å². The Bertz CT molecular complexity index is 443. The van der Waals surface area contributed by atoms with Crippen molar-refractivity contribution in [2.24, 2.45) is 11.8 Å². The lowest BCUT2D eigenvalue weighted by Gasteiger charge is -2.29. The lowest BCUT2D eigenvalue weighted by atomic mass is 9.78. The predicted molar refractivity (Wildman–Crippen MR) is 69.2 cm³/mol. The Balaban J connectivity index is 1.81. The molecule has 3 heterocycles. The summed E-state index contributed by atoms with van der Waals surface area (Å²) >= 11 is 0. The number of carbonyl (C=O) groups excluding carboxylic acids is 1. The lowest BCUT2D eigenvalue weighted by molar-refractivity contribution is -0.144. The van der Waals surface area contributed by atoms with E-state index in [1.54, 1.807) is 20.8 Å². The molecule has 5 atom stereocenters. The molecule has 0 aromatic carbocycles. The molecule has 0 radical (unpaired) electrons. The number of nitrogens with zero attached hydrogens (tertiary/aromatic N) is 1. The van der Waals surface area contributed by atoms with Crippen molar-refractivity contribution in [1.82, 2.24) is 4.90 Å². The van der Waals surface area contributed by atoms with Gasteiger partial charge in [0.15, 0.2) is 0 Å². The number of fused-ring (bicyclic) bond motifs is 5. The predicted octanol–water partition coefficient (Wildman–Crippen LogP) is 1.48. The van der Waals surface area contributed by atoms with E-state index < -0.39 is 23.7 Å². The molecule has 3 fully saturated rings. The lowest BCUT2D eigenvalue weighted by Crippen LogP contribution is -2.47. The van der Waals surface area contributed by atoms with Crippen LogP contribution in [0.5, 0.6) is 0 Å². The van der Waals surface area contributed by atoms with Gasteiger partial charge in [0.1, 0.15) is 11.6 Å². The Morgan fingerprint density at radius 1 is 1.25 bits per heavy atom. The second-order valence-electron chi connectivity index (χ2n) is 6.95. The first-order valence-electron chi connectivity index (χ1n) is 7.16. The largest absolute Gasteiger partial charge is 0.480 e. The van der Waals surface area contributed by atoms with Gasteiger partial charge in [0.2, 0.25) is 0 Å². The molecule has 3 aliphatic rings. The van der Waals surface area contributed by atoms with Crippen molar-refractivity contribution in [1.29, 1.82) is 0 Å². The van der Waals surface area contributed by atoms with Crippen molar-refractivity contribution in [3.63, 3.8) is 0 Å². The smallest absolute Gasteiger partial charge is 0.411 e. The standard InChI is InChI=1S/C14H21NO5/c1-14(2,3)20-13(18)15-6-7-8-4-5-9(19-8)10(7)11(15)12(16)17/h7-11H,4-6H2,1-3H3,(H,16,17)/t7-,8+,9-,10-,11?/m0/s1. The van der Waals surface area contributed by atoms with Crippen LogP contribution < -0.4 is 0 Å². The number of carboxylic acids is 1. The highest BCUT2D eigenvalue weighted by molar-refractivity contribution is 5.81. The molecule has 0 aliphatic carbocycles. The van der Waals surface area contributed by atoms with Crippen LogP contribution in [0.2, 0.25) is 0 Å². The monoisotopic (exact) mass is 283 g/mol. The van der Waals surface area contributed by atoms with E-state index in [-0.39, 0.29) is 24.0 Å². The maximum absolute atomic E-state index is 12.2. The van der Waals surface area contributed by atoms with E-state index in [9.17, 15) is 14.7 Å². The minimum absolute atomic E-state index is 0.0152. The van der Waals surface area contributed by atoms with E-state index in [1.807, 2.05) is 0 Å². The number of hydrogen-bond donors (Lipinski definition) is 1. The summed E-state index contributed by atoms with van der Waals surface area (Å²) in [7, 11) is 0. The van der Waals surface area contributed by atoms with Crippen LogP contribution >= 0.6 is 0 Å². The molecule has 112 valence electrons. The Morgan fingerprint density at radius 2 is 1.90 bits per heavy atom. The first kappa shape index (κ1) is 13.7. The van der Waals surface area contributed by atoms with Gasteiger partial charge in [-0.3, -0.25) is 4.90 Å². The van der Waals surface area contributed by atoms with Crippen molar-refractivity contribution in [2.75, 3.05) is 6.54 Å². The second-order valence-corrected chi connectivity index (χ2v) is 6.95. The van der Waals surface area contributed by atoms with E-state index in [4.69, 9.17) is 9.47 Å². The Morgan fingerprint density at radius 3 is 2.50 bits per heavy atom. The molecule has 20 heavy (non-hydrogen) atoms. The van der Waals surface area contributed by atoms with Gasteiger partial charge in [-0.1, -0.05) is 0 Å². The van der Waals surface area contributed by atoms with Gasteiger partial charge in [-0.2, -0.15) is 0 Å². The molecule has 1 unspecified atom stereocenters. The van der Waals surface area contributed by atoms with Gasteiger partial charge < -0.3 is 14.6 Å². The molecule has 1 amide bonds. The second kappa shape index (κ2) is 4.35. The Labute approximate surface area is 118 Å². The van der Waals surface area contributed by atoms with E-state index in [2.05, 4.69) is 0 Å². The molecular weight excluding hydrogens is 262 g/mol. The number of aliphatic carboxylic acids is 1. The normalized spacial score (nSPS) is 39.0. The topological polar surface area (TPSA) is 76.1 Å². The van der Waals surface area contributed by atoms with Gasteiger partial charge in [-0.25, -0.2) is 9.59 Å². The average Bonchev–Trinajstić information content (AvgIpc) is 2.97. The van der Waals surface area contributed by atoms with Crippen LogP contribution in [0, 0.1) is 11.8 Å².